The zero-order valence-corrected chi connectivity index (χ0v) is 24.5. The van der Waals surface area contributed by atoms with E-state index in [2.05, 4.69) is 11.0 Å². The first-order valence-corrected chi connectivity index (χ1v) is 15.8. The van der Waals surface area contributed by atoms with E-state index >= 15 is 0 Å². The lowest BCUT2D eigenvalue weighted by molar-refractivity contribution is -0.192. The number of primary amides is 1. The Morgan fingerprint density at radius 2 is 1.60 bits per heavy atom. The van der Waals surface area contributed by atoms with Gasteiger partial charge in [0.25, 0.3) is 0 Å². The standard InChI is InChI=1S/C27H35N3O5S.C2HF3O2/c1-36(34,35)18-26(32)29(12-11-19-5-9-25(31)10-6-19)13-14-30-23-7-8-24(30)17-22(16-23)20-3-2-4-21(15-20)27(28)33;3-2(4,5)1(6)7/h2-6,9-10,15,22-24,31H,7-8,11-14,16-18H2,1H3,(H2,28,33);(H,6,7). The number of carboxylic acid groups (broad SMARTS) is 1. The Hall–Kier alpha value is -3.65. The number of halogens is 3. The monoisotopic (exact) mass is 627 g/mol. The molecule has 2 heterocycles. The maximum Gasteiger partial charge on any atom is 0.490 e. The molecule has 2 fully saturated rings. The Labute approximate surface area is 248 Å². The lowest BCUT2D eigenvalue weighted by Crippen LogP contribution is -2.48. The van der Waals surface area contributed by atoms with Gasteiger partial charge in [-0.15, -0.1) is 0 Å². The Balaban J connectivity index is 0.000000646. The average molecular weight is 628 g/mol. The molecule has 2 amide bonds. The second-order valence-corrected chi connectivity index (χ2v) is 13.1. The van der Waals surface area contributed by atoms with Crippen LogP contribution in [-0.2, 0) is 25.8 Å². The van der Waals surface area contributed by atoms with Crippen LogP contribution in [0.1, 0.15) is 53.1 Å². The van der Waals surface area contributed by atoms with Gasteiger partial charge in [0.05, 0.1) is 0 Å². The van der Waals surface area contributed by atoms with Crippen LogP contribution in [0.4, 0.5) is 13.2 Å². The van der Waals surface area contributed by atoms with E-state index in [1.807, 2.05) is 24.3 Å². The molecule has 4 rings (SSSR count). The van der Waals surface area contributed by atoms with Gasteiger partial charge < -0.3 is 20.8 Å². The van der Waals surface area contributed by atoms with Crippen molar-refractivity contribution in [3.63, 3.8) is 0 Å². The second kappa shape index (κ2) is 14.2. The van der Waals surface area contributed by atoms with Crippen LogP contribution in [0, 0.1) is 0 Å². The number of nitrogens with zero attached hydrogens (tertiary/aromatic N) is 2. The van der Waals surface area contributed by atoms with E-state index in [0.29, 0.717) is 49.6 Å². The molecule has 14 heteroatoms. The Morgan fingerprint density at radius 1 is 1.02 bits per heavy atom. The number of sulfone groups is 1. The van der Waals surface area contributed by atoms with E-state index in [-0.39, 0.29) is 11.7 Å². The molecule has 2 unspecified atom stereocenters. The fourth-order valence-electron chi connectivity index (χ4n) is 5.70. The normalized spacial score (nSPS) is 20.1. The summed E-state index contributed by atoms with van der Waals surface area (Å²) in [7, 11) is -3.43. The molecule has 0 spiro atoms. The van der Waals surface area contributed by atoms with Crippen molar-refractivity contribution in [3.05, 3.63) is 65.2 Å². The molecule has 0 aromatic heterocycles. The minimum absolute atomic E-state index is 0.184. The number of rotatable bonds is 10. The quantitative estimate of drug-likeness (QED) is 0.363. The molecule has 0 saturated carbocycles. The molecule has 0 aliphatic carbocycles. The molecule has 2 aromatic rings. The number of aliphatic carboxylic acids is 1. The Bertz CT molecular complexity index is 1390. The Morgan fingerprint density at radius 3 is 2.12 bits per heavy atom. The van der Waals surface area contributed by atoms with Crippen LogP contribution in [0.3, 0.4) is 0 Å². The maximum absolute atomic E-state index is 12.9. The third kappa shape index (κ3) is 10.2. The summed E-state index contributed by atoms with van der Waals surface area (Å²) in [6, 6.07) is 15.3. The summed E-state index contributed by atoms with van der Waals surface area (Å²) in [6.07, 6.45) is 0.762. The van der Waals surface area contributed by atoms with Crippen molar-refractivity contribution in [3.8, 4) is 5.75 Å². The number of carbonyl (C=O) groups is 3. The predicted octanol–water partition coefficient (Wildman–Crippen LogP) is 2.95. The molecule has 2 bridgehead atoms. The zero-order chi connectivity index (χ0) is 31.9. The summed E-state index contributed by atoms with van der Waals surface area (Å²) in [5.41, 5.74) is 8.14. The van der Waals surface area contributed by atoms with Gasteiger partial charge in [0, 0.05) is 43.5 Å². The van der Waals surface area contributed by atoms with E-state index < -0.39 is 33.6 Å². The van der Waals surface area contributed by atoms with E-state index in [0.717, 1.165) is 43.1 Å². The number of aromatic hydroxyl groups is 1. The highest BCUT2D eigenvalue weighted by molar-refractivity contribution is 7.91. The van der Waals surface area contributed by atoms with Crippen LogP contribution < -0.4 is 5.73 Å². The van der Waals surface area contributed by atoms with Crippen molar-refractivity contribution in [2.45, 2.75) is 56.3 Å². The van der Waals surface area contributed by atoms with Gasteiger partial charge in [-0.3, -0.25) is 14.5 Å². The Kier molecular flexibility index (Phi) is 11.2. The van der Waals surface area contributed by atoms with E-state index in [9.17, 15) is 36.3 Å². The van der Waals surface area contributed by atoms with E-state index in [1.165, 1.54) is 0 Å². The van der Waals surface area contributed by atoms with Crippen LogP contribution in [-0.4, -0.2) is 96.1 Å². The number of phenolic OH excluding ortho intramolecular Hbond substituents is 1. The number of hydrogen-bond donors (Lipinski definition) is 3. The van der Waals surface area contributed by atoms with Crippen molar-refractivity contribution in [1.29, 1.82) is 0 Å². The largest absolute Gasteiger partial charge is 0.508 e. The summed E-state index contributed by atoms with van der Waals surface area (Å²) in [5, 5.41) is 16.6. The van der Waals surface area contributed by atoms with Gasteiger partial charge in [-0.05, 0) is 73.4 Å². The molecule has 0 radical (unpaired) electrons. The molecule has 2 atom stereocenters. The molecule has 2 aromatic carbocycles. The van der Waals surface area contributed by atoms with Gasteiger partial charge in [0.2, 0.25) is 11.8 Å². The van der Waals surface area contributed by atoms with Crippen LogP contribution in [0.25, 0.3) is 0 Å². The van der Waals surface area contributed by atoms with Gasteiger partial charge in [0.15, 0.2) is 9.84 Å². The van der Waals surface area contributed by atoms with Crippen LogP contribution in [0.15, 0.2) is 48.5 Å². The highest BCUT2D eigenvalue weighted by Gasteiger charge is 2.41. The van der Waals surface area contributed by atoms with E-state index in [1.54, 1.807) is 23.1 Å². The third-order valence-corrected chi connectivity index (χ3v) is 8.51. The van der Waals surface area contributed by atoms with Crippen molar-refractivity contribution in [2.24, 2.45) is 5.73 Å². The minimum Gasteiger partial charge on any atom is -0.508 e. The lowest BCUT2D eigenvalue weighted by atomic mass is 9.84. The number of alkyl halides is 3. The van der Waals surface area contributed by atoms with Gasteiger partial charge in [0.1, 0.15) is 11.5 Å². The molecular weight excluding hydrogens is 591 g/mol. The molecule has 2 aliphatic rings. The first-order valence-electron chi connectivity index (χ1n) is 13.7. The zero-order valence-electron chi connectivity index (χ0n) is 23.7. The van der Waals surface area contributed by atoms with Crippen LogP contribution in [0.2, 0.25) is 0 Å². The highest BCUT2D eigenvalue weighted by atomic mass is 32.2. The summed E-state index contributed by atoms with van der Waals surface area (Å²) in [6.45, 7) is 1.60. The number of amides is 2. The number of carbonyl (C=O) groups excluding carboxylic acids is 2. The fraction of sp³-hybridized carbons (Fsp3) is 0.483. The lowest BCUT2D eigenvalue weighted by Gasteiger charge is -2.40. The summed E-state index contributed by atoms with van der Waals surface area (Å²) < 4.78 is 55.3. The number of hydrogen-bond acceptors (Lipinski definition) is 7. The van der Waals surface area contributed by atoms with Gasteiger partial charge >= 0.3 is 12.1 Å². The molecular formula is C29H36F3N3O7S. The SMILES string of the molecule is CS(=O)(=O)CC(=O)N(CCc1ccc(O)cc1)CCN1C2CCC1CC(c1cccc(C(N)=O)c1)C2.O=C(O)C(F)(F)F. The van der Waals surface area contributed by atoms with Crippen molar-refractivity contribution in [2.75, 3.05) is 31.6 Å². The first-order chi connectivity index (χ1) is 20.0. The average Bonchev–Trinajstić information content (AvgIpc) is 3.14. The van der Waals surface area contributed by atoms with Crippen molar-refractivity contribution >= 4 is 27.6 Å². The second-order valence-electron chi connectivity index (χ2n) is 11.0. The fourth-order valence-corrected chi connectivity index (χ4v) is 6.33. The first kappa shape index (κ1) is 33.8. The number of nitrogens with two attached hydrogens (primary N) is 1. The summed E-state index contributed by atoms with van der Waals surface area (Å²) in [5.74, 6) is -3.48. The van der Waals surface area contributed by atoms with Crippen molar-refractivity contribution < 1.29 is 46.2 Å². The highest BCUT2D eigenvalue weighted by Crippen LogP contribution is 2.43. The summed E-state index contributed by atoms with van der Waals surface area (Å²) in [4.78, 5) is 37.5. The molecule has 43 heavy (non-hydrogen) atoms. The van der Waals surface area contributed by atoms with Gasteiger partial charge in [-0.2, -0.15) is 13.2 Å². The van der Waals surface area contributed by atoms with Crippen molar-refractivity contribution in [1.82, 2.24) is 9.80 Å². The van der Waals surface area contributed by atoms with Crippen LogP contribution >= 0.6 is 0 Å². The summed E-state index contributed by atoms with van der Waals surface area (Å²) >= 11 is 0. The van der Waals surface area contributed by atoms with Crippen LogP contribution in [0.5, 0.6) is 5.75 Å². The minimum atomic E-state index is -5.08. The molecule has 236 valence electrons. The maximum atomic E-state index is 12.9. The molecule has 2 aliphatic heterocycles. The number of piperidine rings is 1. The van der Waals surface area contributed by atoms with Gasteiger partial charge in [-0.25, -0.2) is 13.2 Å². The molecule has 4 N–H and O–H groups in total. The third-order valence-electron chi connectivity index (χ3n) is 7.74. The van der Waals surface area contributed by atoms with Gasteiger partial charge in [-0.1, -0.05) is 24.3 Å². The number of carboxylic acids is 1. The van der Waals surface area contributed by atoms with E-state index in [4.69, 9.17) is 15.6 Å². The predicted molar refractivity (Wildman–Crippen MR) is 152 cm³/mol. The molecule has 10 nitrogen and oxygen atoms in total. The number of phenols is 1. The topological polar surface area (TPSA) is 158 Å². The number of benzene rings is 2. The number of fused-ring (bicyclic) bond motifs is 2. The molecule has 2 saturated heterocycles. The smallest absolute Gasteiger partial charge is 0.490 e.